The molecule has 0 unspecified atom stereocenters. The first-order valence-electron chi connectivity index (χ1n) is 9.49. The molecule has 1 aliphatic heterocycles. The van der Waals surface area contributed by atoms with Gasteiger partial charge in [-0.05, 0) is 31.4 Å². The van der Waals surface area contributed by atoms with Crippen molar-refractivity contribution in [3.63, 3.8) is 0 Å². The number of nitrogens with zero attached hydrogens (tertiary/aromatic N) is 1. The largest absolute Gasteiger partial charge is 0.388 e. The highest BCUT2D eigenvalue weighted by Gasteiger charge is 2.41. The molecule has 2 aliphatic rings. The zero-order chi connectivity index (χ0) is 16.8. The molecule has 1 saturated carbocycles. The van der Waals surface area contributed by atoms with Gasteiger partial charge in [-0.2, -0.15) is 0 Å². The van der Waals surface area contributed by atoms with Gasteiger partial charge in [-0.15, -0.1) is 0 Å². The monoisotopic (exact) mass is 333 g/mol. The lowest BCUT2D eigenvalue weighted by molar-refractivity contribution is -0.144. The van der Waals surface area contributed by atoms with Crippen LogP contribution >= 0.6 is 0 Å². The number of aliphatic hydroxyl groups is 2. The highest BCUT2D eigenvalue weighted by atomic mass is 16.5. The van der Waals surface area contributed by atoms with Gasteiger partial charge >= 0.3 is 0 Å². The normalized spacial score (nSPS) is 29.9. The molecule has 3 rings (SSSR count). The van der Waals surface area contributed by atoms with Gasteiger partial charge in [-0.25, -0.2) is 0 Å². The fourth-order valence-corrected chi connectivity index (χ4v) is 3.85. The molecule has 4 nitrogen and oxygen atoms in total. The van der Waals surface area contributed by atoms with Crippen LogP contribution in [0.3, 0.4) is 0 Å². The fourth-order valence-electron chi connectivity index (χ4n) is 3.85. The van der Waals surface area contributed by atoms with Crippen molar-refractivity contribution >= 4 is 5.69 Å². The van der Waals surface area contributed by atoms with Crippen LogP contribution in [-0.4, -0.2) is 47.7 Å². The molecule has 2 atom stereocenters. The van der Waals surface area contributed by atoms with Gasteiger partial charge in [-0.1, -0.05) is 50.3 Å². The molecule has 0 bridgehead atoms. The van der Waals surface area contributed by atoms with Crippen molar-refractivity contribution in [2.45, 2.75) is 69.2 Å². The molecular formula is C20H31NO3. The van der Waals surface area contributed by atoms with Gasteiger partial charge in [0.05, 0.1) is 12.7 Å². The Morgan fingerprint density at radius 3 is 2.38 bits per heavy atom. The van der Waals surface area contributed by atoms with E-state index in [1.54, 1.807) is 0 Å². The van der Waals surface area contributed by atoms with Crippen LogP contribution in [-0.2, 0) is 4.74 Å². The standard InChI is InChI=1S/C20H31NO3/c22-19-15-21(17-9-5-4-6-10-17)14-13-20(19,23)16-24-18-11-7-2-1-3-8-12-18/h4-6,9-10,18-19,22-23H,1-3,7-8,11-16H2/t19-,20-/m1/s1. The van der Waals surface area contributed by atoms with Crippen molar-refractivity contribution in [2.24, 2.45) is 0 Å². The van der Waals surface area contributed by atoms with E-state index in [4.69, 9.17) is 4.74 Å². The van der Waals surface area contributed by atoms with Crippen LogP contribution in [0.5, 0.6) is 0 Å². The molecule has 2 N–H and O–H groups in total. The topological polar surface area (TPSA) is 52.9 Å². The highest BCUT2D eigenvalue weighted by molar-refractivity contribution is 5.46. The van der Waals surface area contributed by atoms with E-state index in [0.29, 0.717) is 13.0 Å². The Bertz CT molecular complexity index is 487. The van der Waals surface area contributed by atoms with Crippen LogP contribution in [0.1, 0.15) is 51.4 Å². The maximum absolute atomic E-state index is 10.9. The van der Waals surface area contributed by atoms with Crippen LogP contribution in [0.2, 0.25) is 0 Å². The first kappa shape index (κ1) is 17.7. The minimum atomic E-state index is -1.12. The predicted octanol–water partition coefficient (Wildman–Crippen LogP) is 3.12. The van der Waals surface area contributed by atoms with Crippen molar-refractivity contribution in [3.8, 4) is 0 Å². The first-order chi connectivity index (χ1) is 11.7. The van der Waals surface area contributed by atoms with E-state index in [-0.39, 0.29) is 12.7 Å². The predicted molar refractivity (Wildman–Crippen MR) is 96.3 cm³/mol. The summed E-state index contributed by atoms with van der Waals surface area (Å²) >= 11 is 0. The van der Waals surface area contributed by atoms with Gasteiger partial charge in [-0.3, -0.25) is 0 Å². The Balaban J connectivity index is 1.52. The number of ether oxygens (including phenoxy) is 1. The second-order valence-electron chi connectivity index (χ2n) is 7.43. The summed E-state index contributed by atoms with van der Waals surface area (Å²) in [4.78, 5) is 2.13. The summed E-state index contributed by atoms with van der Waals surface area (Å²) in [6.07, 6.45) is 8.53. The molecule has 1 aromatic rings. The van der Waals surface area contributed by atoms with Gasteiger partial charge in [0.15, 0.2) is 0 Å². The fraction of sp³-hybridized carbons (Fsp3) is 0.700. The van der Waals surface area contributed by atoms with Crippen molar-refractivity contribution in [1.29, 1.82) is 0 Å². The zero-order valence-corrected chi connectivity index (χ0v) is 14.6. The van der Waals surface area contributed by atoms with Crippen molar-refractivity contribution in [2.75, 3.05) is 24.6 Å². The number of para-hydroxylation sites is 1. The second-order valence-corrected chi connectivity index (χ2v) is 7.43. The van der Waals surface area contributed by atoms with Crippen molar-refractivity contribution < 1.29 is 14.9 Å². The second kappa shape index (κ2) is 8.32. The minimum absolute atomic E-state index is 0.244. The molecule has 1 aromatic carbocycles. The molecule has 24 heavy (non-hydrogen) atoms. The van der Waals surface area contributed by atoms with Crippen LogP contribution in [0.4, 0.5) is 5.69 Å². The van der Waals surface area contributed by atoms with Crippen LogP contribution in [0.15, 0.2) is 30.3 Å². The molecule has 0 spiro atoms. The molecule has 0 radical (unpaired) electrons. The Kier molecular flexibility index (Phi) is 6.14. The number of hydrogen-bond donors (Lipinski definition) is 2. The van der Waals surface area contributed by atoms with Gasteiger partial charge in [0.1, 0.15) is 11.7 Å². The third-order valence-corrected chi connectivity index (χ3v) is 5.57. The average Bonchev–Trinajstić information content (AvgIpc) is 2.57. The van der Waals surface area contributed by atoms with Crippen LogP contribution in [0, 0.1) is 0 Å². The van der Waals surface area contributed by atoms with Gasteiger partial charge in [0.25, 0.3) is 0 Å². The molecule has 1 aliphatic carbocycles. The molecular weight excluding hydrogens is 302 g/mol. The van der Waals surface area contributed by atoms with Crippen LogP contribution < -0.4 is 4.90 Å². The highest BCUT2D eigenvalue weighted by Crippen LogP contribution is 2.28. The summed E-state index contributed by atoms with van der Waals surface area (Å²) in [6.45, 7) is 1.45. The van der Waals surface area contributed by atoms with E-state index in [0.717, 1.165) is 25.1 Å². The van der Waals surface area contributed by atoms with E-state index >= 15 is 0 Å². The summed E-state index contributed by atoms with van der Waals surface area (Å²) in [7, 11) is 0. The van der Waals surface area contributed by atoms with Crippen molar-refractivity contribution in [1.82, 2.24) is 0 Å². The Hall–Kier alpha value is -1.10. The summed E-state index contributed by atoms with van der Waals surface area (Å²) in [5.41, 5.74) is -0.0206. The summed E-state index contributed by atoms with van der Waals surface area (Å²) in [5.74, 6) is 0. The third-order valence-electron chi connectivity index (χ3n) is 5.57. The quantitative estimate of drug-likeness (QED) is 0.889. The zero-order valence-electron chi connectivity index (χ0n) is 14.6. The van der Waals surface area contributed by atoms with Crippen molar-refractivity contribution in [3.05, 3.63) is 30.3 Å². The molecule has 1 heterocycles. The average molecular weight is 333 g/mol. The van der Waals surface area contributed by atoms with Gasteiger partial charge < -0.3 is 19.8 Å². The van der Waals surface area contributed by atoms with E-state index < -0.39 is 11.7 Å². The smallest absolute Gasteiger partial charge is 0.117 e. The lowest BCUT2D eigenvalue weighted by Crippen LogP contribution is -2.58. The number of aliphatic hydroxyl groups excluding tert-OH is 1. The van der Waals surface area contributed by atoms with Crippen LogP contribution in [0.25, 0.3) is 0 Å². The summed E-state index contributed by atoms with van der Waals surface area (Å²) in [6, 6.07) is 10.1. The van der Waals surface area contributed by atoms with Gasteiger partial charge in [0, 0.05) is 18.8 Å². The summed E-state index contributed by atoms with van der Waals surface area (Å²) < 4.78 is 6.04. The molecule has 0 amide bonds. The Morgan fingerprint density at radius 1 is 1.04 bits per heavy atom. The minimum Gasteiger partial charge on any atom is -0.388 e. The maximum atomic E-state index is 10.9. The summed E-state index contributed by atoms with van der Waals surface area (Å²) in [5, 5.41) is 21.4. The van der Waals surface area contributed by atoms with E-state index in [2.05, 4.69) is 4.90 Å². The number of β-amino-alcohol motifs (C(OH)–C–C–N with tert-alkyl or cyclic N) is 1. The lowest BCUT2D eigenvalue weighted by atomic mass is 9.89. The Labute approximate surface area is 145 Å². The number of rotatable bonds is 4. The number of piperidine rings is 1. The van der Waals surface area contributed by atoms with Gasteiger partial charge in [0.2, 0.25) is 0 Å². The maximum Gasteiger partial charge on any atom is 0.117 e. The van der Waals surface area contributed by atoms with E-state index in [9.17, 15) is 10.2 Å². The Morgan fingerprint density at radius 2 is 1.71 bits per heavy atom. The van der Waals surface area contributed by atoms with E-state index in [1.807, 2.05) is 30.3 Å². The van der Waals surface area contributed by atoms with E-state index in [1.165, 1.54) is 32.1 Å². The number of hydrogen-bond acceptors (Lipinski definition) is 4. The molecule has 0 aromatic heterocycles. The molecule has 1 saturated heterocycles. The SMILES string of the molecule is O[C@@H]1CN(c2ccccc2)CC[C@@]1(O)COC1CCCCCCC1. The molecule has 134 valence electrons. The molecule has 4 heteroatoms. The lowest BCUT2D eigenvalue weighted by Gasteiger charge is -2.43. The third kappa shape index (κ3) is 4.50. The number of benzene rings is 1. The molecule has 2 fully saturated rings. The number of anilines is 1. The first-order valence-corrected chi connectivity index (χ1v) is 9.49.